The molecule has 0 unspecified atom stereocenters. The van der Waals surface area contributed by atoms with E-state index in [1.54, 1.807) is 12.3 Å². The zero-order valence-corrected chi connectivity index (χ0v) is 18.4. The van der Waals surface area contributed by atoms with Gasteiger partial charge in [-0.15, -0.1) is 11.3 Å². The predicted molar refractivity (Wildman–Crippen MR) is 119 cm³/mol. The van der Waals surface area contributed by atoms with Crippen LogP contribution in [0.5, 0.6) is 0 Å². The van der Waals surface area contributed by atoms with Crippen molar-refractivity contribution < 1.29 is 17.6 Å². The number of rotatable bonds is 5. The van der Waals surface area contributed by atoms with Gasteiger partial charge in [-0.1, -0.05) is 13.8 Å². The third-order valence-electron chi connectivity index (χ3n) is 5.55. The molecule has 1 aliphatic rings. The van der Waals surface area contributed by atoms with Crippen molar-refractivity contribution in [3.05, 3.63) is 63.8 Å². The molecule has 0 saturated heterocycles. The maximum Gasteiger partial charge on any atom is 0.271 e. The van der Waals surface area contributed by atoms with Gasteiger partial charge < -0.3 is 10.3 Å². The lowest BCUT2D eigenvalue weighted by atomic mass is 9.78. The number of nitrogens with one attached hydrogen (secondary N) is 3. The van der Waals surface area contributed by atoms with Crippen LogP contribution < -0.4 is 15.6 Å². The zero-order chi connectivity index (χ0) is 22.4. The average Bonchev–Trinajstić information content (AvgIpc) is 3.23. The fraction of sp³-hybridized carbons (Fsp3) is 0.238. The number of carbonyl (C=O) groups excluding carboxylic acids is 1. The first-order valence-electron chi connectivity index (χ1n) is 9.57. The van der Waals surface area contributed by atoms with Crippen LogP contribution in [0.2, 0.25) is 0 Å². The van der Waals surface area contributed by atoms with Crippen LogP contribution in [0, 0.1) is 11.2 Å². The summed E-state index contributed by atoms with van der Waals surface area (Å²) in [5.74, 6) is -0.846. The van der Waals surface area contributed by atoms with Crippen molar-refractivity contribution in [2.24, 2.45) is 5.41 Å². The van der Waals surface area contributed by atoms with E-state index in [1.807, 2.05) is 13.8 Å². The Balaban J connectivity index is 1.64. The summed E-state index contributed by atoms with van der Waals surface area (Å²) in [5.41, 5.74) is -0.477. The van der Waals surface area contributed by atoms with E-state index >= 15 is 0 Å². The highest BCUT2D eigenvalue weighted by Crippen LogP contribution is 2.40. The maximum absolute atomic E-state index is 14.5. The van der Waals surface area contributed by atoms with Crippen LogP contribution in [-0.4, -0.2) is 19.3 Å². The normalized spacial score (nSPS) is 19.2. The predicted octanol–water partition coefficient (Wildman–Crippen LogP) is 3.81. The Kier molecular flexibility index (Phi) is 5.22. The largest absolute Gasteiger partial charge is 0.332 e. The molecule has 7 nitrogen and oxygen atoms in total. The smallest absolute Gasteiger partial charge is 0.271 e. The van der Waals surface area contributed by atoms with Crippen LogP contribution in [-0.2, 0) is 14.8 Å². The molecule has 31 heavy (non-hydrogen) atoms. The van der Waals surface area contributed by atoms with Crippen molar-refractivity contribution in [2.75, 3.05) is 4.72 Å². The molecule has 10 heteroatoms. The highest BCUT2D eigenvalue weighted by Gasteiger charge is 2.35. The molecule has 0 spiro atoms. The summed E-state index contributed by atoms with van der Waals surface area (Å²) in [7, 11) is -4.08. The fourth-order valence-electron chi connectivity index (χ4n) is 3.44. The zero-order valence-electron chi connectivity index (χ0n) is 16.8. The molecular weight excluding hydrogens is 441 g/mol. The van der Waals surface area contributed by atoms with E-state index in [9.17, 15) is 22.4 Å². The van der Waals surface area contributed by atoms with Crippen LogP contribution in [0.3, 0.4) is 0 Å². The van der Waals surface area contributed by atoms with E-state index in [0.717, 1.165) is 23.0 Å². The molecule has 2 aromatic heterocycles. The Bertz CT molecular complexity index is 1390. The number of allylic oxidation sites excluding steroid dienone is 1. The molecule has 0 saturated carbocycles. The minimum atomic E-state index is -4.08. The minimum absolute atomic E-state index is 0.0000282. The van der Waals surface area contributed by atoms with Crippen molar-refractivity contribution in [1.82, 2.24) is 10.3 Å². The Morgan fingerprint density at radius 3 is 2.74 bits per heavy atom. The van der Waals surface area contributed by atoms with Crippen molar-refractivity contribution in [2.45, 2.75) is 30.9 Å². The third kappa shape index (κ3) is 3.88. The Hall–Kier alpha value is -2.98. The molecule has 1 atom stereocenters. The number of pyridine rings is 1. The van der Waals surface area contributed by atoms with Crippen molar-refractivity contribution >= 4 is 49.3 Å². The number of aromatic nitrogens is 1. The van der Waals surface area contributed by atoms with Gasteiger partial charge in [-0.05, 0) is 54.1 Å². The highest BCUT2D eigenvalue weighted by molar-refractivity contribution is 7.94. The molecule has 1 aromatic carbocycles. The molecule has 0 aliphatic carbocycles. The number of sulfonamides is 1. The number of anilines is 1. The molecule has 0 bridgehead atoms. The van der Waals surface area contributed by atoms with Gasteiger partial charge in [0.05, 0.1) is 11.1 Å². The summed E-state index contributed by atoms with van der Waals surface area (Å²) in [5, 5.41) is 3.29. The van der Waals surface area contributed by atoms with E-state index in [4.69, 9.17) is 0 Å². The van der Waals surface area contributed by atoms with Crippen molar-refractivity contribution in [3.63, 3.8) is 0 Å². The van der Waals surface area contributed by atoms with Gasteiger partial charge >= 0.3 is 0 Å². The SMILES string of the molecule is CC[C@@]1(C)CC(c2ccc(S(=O)(=O)Nc3cc4c(=O)[nH]ccc4cc3F)s2)=CNC1=O. The van der Waals surface area contributed by atoms with Gasteiger partial charge in [0.2, 0.25) is 5.91 Å². The first kappa shape index (κ1) is 21.3. The molecule has 1 aliphatic heterocycles. The van der Waals surface area contributed by atoms with Gasteiger partial charge in [0, 0.05) is 22.7 Å². The summed E-state index contributed by atoms with van der Waals surface area (Å²) < 4.78 is 42.4. The summed E-state index contributed by atoms with van der Waals surface area (Å²) in [6, 6.07) is 6.93. The number of H-pyrrole nitrogens is 1. The lowest BCUT2D eigenvalue weighted by molar-refractivity contribution is -0.129. The summed E-state index contributed by atoms with van der Waals surface area (Å²) >= 11 is 1.03. The van der Waals surface area contributed by atoms with Gasteiger partial charge in [0.15, 0.2) is 0 Å². The minimum Gasteiger partial charge on any atom is -0.332 e. The topological polar surface area (TPSA) is 108 Å². The quantitative estimate of drug-likeness (QED) is 0.537. The van der Waals surface area contributed by atoms with Gasteiger partial charge in [-0.3, -0.25) is 14.3 Å². The maximum atomic E-state index is 14.5. The number of hydrogen-bond donors (Lipinski definition) is 3. The number of benzene rings is 1. The van der Waals surface area contributed by atoms with Gasteiger partial charge in [0.1, 0.15) is 10.0 Å². The molecule has 0 radical (unpaired) electrons. The van der Waals surface area contributed by atoms with E-state index in [0.29, 0.717) is 23.1 Å². The highest BCUT2D eigenvalue weighted by atomic mass is 32.2. The van der Waals surface area contributed by atoms with Crippen LogP contribution >= 0.6 is 11.3 Å². The van der Waals surface area contributed by atoms with Gasteiger partial charge in [-0.25, -0.2) is 12.8 Å². The fourth-order valence-corrected chi connectivity index (χ4v) is 5.82. The van der Waals surface area contributed by atoms with E-state index in [-0.39, 0.29) is 21.2 Å². The Morgan fingerprint density at radius 1 is 1.23 bits per heavy atom. The first-order valence-corrected chi connectivity index (χ1v) is 11.9. The third-order valence-corrected chi connectivity index (χ3v) is 8.57. The van der Waals surface area contributed by atoms with Crippen LogP contribution in [0.4, 0.5) is 10.1 Å². The lowest BCUT2D eigenvalue weighted by Crippen LogP contribution is -2.39. The van der Waals surface area contributed by atoms with Crippen LogP contribution in [0.25, 0.3) is 16.3 Å². The summed E-state index contributed by atoms with van der Waals surface area (Å²) in [4.78, 5) is 27.3. The van der Waals surface area contributed by atoms with E-state index in [2.05, 4.69) is 15.0 Å². The molecule has 3 heterocycles. The van der Waals surface area contributed by atoms with E-state index < -0.39 is 26.8 Å². The second kappa shape index (κ2) is 7.61. The molecule has 1 amide bonds. The number of fused-ring (bicyclic) bond motifs is 1. The summed E-state index contributed by atoms with van der Waals surface area (Å²) in [6.45, 7) is 3.80. The Labute approximate surface area is 182 Å². The average molecular weight is 462 g/mol. The van der Waals surface area contributed by atoms with Crippen molar-refractivity contribution in [1.29, 1.82) is 0 Å². The second-order valence-electron chi connectivity index (χ2n) is 7.68. The number of halogens is 1. The lowest BCUT2D eigenvalue weighted by Gasteiger charge is -2.31. The molecule has 3 aromatic rings. The van der Waals surface area contributed by atoms with Gasteiger partial charge in [-0.2, -0.15) is 0 Å². The van der Waals surface area contributed by atoms with E-state index in [1.165, 1.54) is 24.4 Å². The number of thiophene rings is 1. The number of aromatic amines is 1. The van der Waals surface area contributed by atoms with Crippen LogP contribution in [0.15, 0.2) is 51.7 Å². The molecular formula is C21H20FN3O4S2. The standard InChI is InChI=1S/C21H20FN3O4S2/c1-3-21(2)10-13(11-24-20(21)27)17-4-5-18(30-17)31(28,29)25-16-9-14-12(8-15(16)22)6-7-23-19(14)26/h4-9,11,25H,3,10H2,1-2H3,(H,23,26)(H,24,27)/t21-/m0/s1. The monoisotopic (exact) mass is 461 g/mol. The van der Waals surface area contributed by atoms with Gasteiger partial charge in [0.25, 0.3) is 15.6 Å². The summed E-state index contributed by atoms with van der Waals surface area (Å²) in [6.07, 6.45) is 4.14. The molecule has 3 N–H and O–H groups in total. The molecule has 0 fully saturated rings. The number of carbonyl (C=O) groups is 1. The molecule has 4 rings (SSSR count). The molecule has 162 valence electrons. The van der Waals surface area contributed by atoms with Crippen LogP contribution in [0.1, 0.15) is 31.6 Å². The number of amides is 1. The first-order chi connectivity index (χ1) is 14.6. The second-order valence-corrected chi connectivity index (χ2v) is 10.7. The van der Waals surface area contributed by atoms with Crippen molar-refractivity contribution in [3.8, 4) is 0 Å². The number of hydrogen-bond acceptors (Lipinski definition) is 5. The Morgan fingerprint density at radius 2 is 2.00 bits per heavy atom.